The number of thiazole rings is 1. The number of hydrogen-bond donors (Lipinski definition) is 2. The average molecular weight is 401 g/mol. The van der Waals surface area contributed by atoms with E-state index < -0.39 is 0 Å². The Balaban J connectivity index is 1.43. The van der Waals surface area contributed by atoms with Crippen LogP contribution in [0.25, 0.3) is 11.3 Å². The Labute approximate surface area is 163 Å². The lowest BCUT2D eigenvalue weighted by Gasteiger charge is -2.00. The molecule has 9 heteroatoms. The molecule has 0 radical (unpaired) electrons. The van der Waals surface area contributed by atoms with Crippen molar-refractivity contribution in [1.82, 2.24) is 10.3 Å². The molecule has 0 spiro atoms. The third-order valence-electron chi connectivity index (χ3n) is 3.79. The first-order valence-electron chi connectivity index (χ1n) is 8.08. The molecular weight excluding hydrogens is 386 g/mol. The fourth-order valence-corrected chi connectivity index (χ4v) is 4.04. The molecule has 7 nitrogen and oxygen atoms in total. The van der Waals surface area contributed by atoms with Crippen molar-refractivity contribution in [2.45, 2.75) is 13.5 Å². The summed E-state index contributed by atoms with van der Waals surface area (Å²) >= 11 is 2.69. The molecule has 0 saturated heterocycles. The van der Waals surface area contributed by atoms with Crippen molar-refractivity contribution >= 4 is 39.6 Å². The van der Waals surface area contributed by atoms with Crippen molar-refractivity contribution in [3.05, 3.63) is 45.5 Å². The minimum absolute atomic E-state index is 0.103. The minimum Gasteiger partial charge on any atom is -0.454 e. The van der Waals surface area contributed by atoms with Gasteiger partial charge in [0.05, 0.1) is 17.1 Å². The lowest BCUT2D eigenvalue weighted by atomic mass is 10.1. The zero-order chi connectivity index (χ0) is 18.8. The summed E-state index contributed by atoms with van der Waals surface area (Å²) in [6, 6.07) is 9.19. The SMILES string of the molecule is CC(=O)NCc1ccc(C(=O)Nc2nc(-c3ccc4c(c3)OCO4)cs2)s1. The maximum Gasteiger partial charge on any atom is 0.267 e. The smallest absolute Gasteiger partial charge is 0.267 e. The van der Waals surface area contributed by atoms with Gasteiger partial charge in [-0.1, -0.05) is 0 Å². The minimum atomic E-state index is -0.222. The molecule has 3 heterocycles. The van der Waals surface area contributed by atoms with Gasteiger partial charge >= 0.3 is 0 Å². The van der Waals surface area contributed by atoms with Crippen LogP contribution >= 0.6 is 22.7 Å². The normalized spacial score (nSPS) is 12.0. The summed E-state index contributed by atoms with van der Waals surface area (Å²) in [7, 11) is 0. The molecule has 0 unspecified atom stereocenters. The second-order valence-electron chi connectivity index (χ2n) is 5.74. The Bertz CT molecular complexity index is 1010. The quantitative estimate of drug-likeness (QED) is 0.683. The third kappa shape index (κ3) is 3.93. The topological polar surface area (TPSA) is 89.6 Å². The average Bonchev–Trinajstić information content (AvgIpc) is 3.39. The molecule has 0 aliphatic carbocycles. The van der Waals surface area contributed by atoms with E-state index in [9.17, 15) is 9.59 Å². The third-order valence-corrected chi connectivity index (χ3v) is 5.63. The molecule has 3 aromatic rings. The van der Waals surface area contributed by atoms with Gasteiger partial charge in [-0.05, 0) is 30.3 Å². The highest BCUT2D eigenvalue weighted by molar-refractivity contribution is 7.15. The summed E-state index contributed by atoms with van der Waals surface area (Å²) in [4.78, 5) is 29.3. The van der Waals surface area contributed by atoms with Crippen LogP contribution < -0.4 is 20.1 Å². The second kappa shape index (κ2) is 7.37. The van der Waals surface area contributed by atoms with Crippen LogP contribution in [-0.2, 0) is 11.3 Å². The van der Waals surface area contributed by atoms with Crippen LogP contribution in [0.4, 0.5) is 5.13 Å². The monoisotopic (exact) mass is 401 g/mol. The summed E-state index contributed by atoms with van der Waals surface area (Å²) < 4.78 is 10.7. The number of hydrogen-bond acceptors (Lipinski definition) is 7. The van der Waals surface area contributed by atoms with Crippen molar-refractivity contribution in [2.24, 2.45) is 0 Å². The molecule has 2 amide bonds. The first-order valence-corrected chi connectivity index (χ1v) is 9.78. The fraction of sp³-hybridized carbons (Fsp3) is 0.167. The van der Waals surface area contributed by atoms with Gasteiger partial charge in [0.2, 0.25) is 12.7 Å². The van der Waals surface area contributed by atoms with Crippen LogP contribution in [0.2, 0.25) is 0 Å². The number of rotatable bonds is 5. The first kappa shape index (κ1) is 17.5. The van der Waals surface area contributed by atoms with E-state index in [2.05, 4.69) is 15.6 Å². The zero-order valence-corrected chi connectivity index (χ0v) is 15.9. The van der Waals surface area contributed by atoms with E-state index in [1.807, 2.05) is 29.6 Å². The summed E-state index contributed by atoms with van der Waals surface area (Å²) in [5, 5.41) is 7.92. The van der Waals surface area contributed by atoms with E-state index in [0.29, 0.717) is 22.3 Å². The van der Waals surface area contributed by atoms with Crippen LogP contribution in [-0.4, -0.2) is 23.6 Å². The molecule has 2 aromatic heterocycles. The number of anilines is 1. The predicted molar refractivity (Wildman–Crippen MR) is 103 cm³/mol. The molecule has 0 saturated carbocycles. The van der Waals surface area contributed by atoms with Crippen molar-refractivity contribution in [1.29, 1.82) is 0 Å². The van der Waals surface area contributed by atoms with Crippen LogP contribution in [0.5, 0.6) is 11.5 Å². The van der Waals surface area contributed by atoms with E-state index in [-0.39, 0.29) is 18.6 Å². The number of benzene rings is 1. The van der Waals surface area contributed by atoms with Crippen molar-refractivity contribution in [3.8, 4) is 22.8 Å². The highest BCUT2D eigenvalue weighted by Gasteiger charge is 2.16. The second-order valence-corrected chi connectivity index (χ2v) is 7.76. The lowest BCUT2D eigenvalue weighted by Crippen LogP contribution is -2.18. The van der Waals surface area contributed by atoms with E-state index in [4.69, 9.17) is 9.47 Å². The number of carbonyl (C=O) groups is 2. The Kier molecular flexibility index (Phi) is 4.78. The molecule has 138 valence electrons. The molecule has 0 bridgehead atoms. The van der Waals surface area contributed by atoms with Crippen molar-refractivity contribution in [3.63, 3.8) is 0 Å². The predicted octanol–water partition coefficient (Wildman–Crippen LogP) is 3.49. The first-order chi connectivity index (χ1) is 13.1. The van der Waals surface area contributed by atoms with Gasteiger partial charge in [-0.3, -0.25) is 14.9 Å². The molecule has 4 rings (SSSR count). The van der Waals surface area contributed by atoms with Crippen LogP contribution in [0.1, 0.15) is 21.5 Å². The van der Waals surface area contributed by atoms with Crippen LogP contribution in [0.15, 0.2) is 35.7 Å². The van der Waals surface area contributed by atoms with E-state index in [1.165, 1.54) is 29.6 Å². The van der Waals surface area contributed by atoms with Crippen LogP contribution in [0.3, 0.4) is 0 Å². The van der Waals surface area contributed by atoms with E-state index in [1.54, 1.807) is 6.07 Å². The fourth-order valence-electron chi connectivity index (χ4n) is 2.48. The Morgan fingerprint density at radius 1 is 1.19 bits per heavy atom. The molecule has 0 atom stereocenters. The lowest BCUT2D eigenvalue weighted by molar-refractivity contribution is -0.119. The molecule has 2 N–H and O–H groups in total. The number of thiophene rings is 1. The van der Waals surface area contributed by atoms with Gasteiger partial charge in [-0.15, -0.1) is 22.7 Å². The number of fused-ring (bicyclic) bond motifs is 1. The molecule has 1 aliphatic heterocycles. The maximum absolute atomic E-state index is 12.4. The zero-order valence-electron chi connectivity index (χ0n) is 14.3. The van der Waals surface area contributed by atoms with Crippen LogP contribution in [0, 0.1) is 0 Å². The Morgan fingerprint density at radius 3 is 2.89 bits per heavy atom. The number of amides is 2. The number of aromatic nitrogens is 1. The molecule has 1 aromatic carbocycles. The van der Waals surface area contributed by atoms with Crippen molar-refractivity contribution in [2.75, 3.05) is 12.1 Å². The highest BCUT2D eigenvalue weighted by Crippen LogP contribution is 2.36. The Morgan fingerprint density at radius 2 is 2.04 bits per heavy atom. The number of nitrogens with zero attached hydrogens (tertiary/aromatic N) is 1. The summed E-state index contributed by atoms with van der Waals surface area (Å²) in [6.45, 7) is 2.10. The standard InChI is InChI=1S/C18H15N3O4S2/c1-10(22)19-7-12-3-5-16(27-12)17(23)21-18-20-13(8-26-18)11-2-4-14-15(6-11)25-9-24-14/h2-6,8H,7,9H2,1H3,(H,19,22)(H,20,21,23). The van der Waals surface area contributed by atoms with Gasteiger partial charge in [-0.25, -0.2) is 4.98 Å². The maximum atomic E-state index is 12.4. The molecule has 27 heavy (non-hydrogen) atoms. The Hall–Kier alpha value is -2.91. The molecule has 0 fully saturated rings. The van der Waals surface area contributed by atoms with E-state index >= 15 is 0 Å². The largest absolute Gasteiger partial charge is 0.454 e. The summed E-state index contributed by atoms with van der Waals surface area (Å²) in [5.74, 6) is 1.08. The van der Waals surface area contributed by atoms with Gasteiger partial charge in [0.1, 0.15) is 0 Å². The summed E-state index contributed by atoms with van der Waals surface area (Å²) in [6.07, 6.45) is 0. The van der Waals surface area contributed by atoms with Gasteiger partial charge in [0.15, 0.2) is 16.6 Å². The van der Waals surface area contributed by atoms with Gasteiger partial charge < -0.3 is 14.8 Å². The van der Waals surface area contributed by atoms with Gasteiger partial charge in [0, 0.05) is 22.7 Å². The van der Waals surface area contributed by atoms with E-state index in [0.717, 1.165) is 21.9 Å². The number of ether oxygens (including phenoxy) is 2. The van der Waals surface area contributed by atoms with Gasteiger partial charge in [0.25, 0.3) is 5.91 Å². The molecular formula is C18H15N3O4S2. The number of carbonyl (C=O) groups excluding carboxylic acids is 2. The number of nitrogens with one attached hydrogen (secondary N) is 2. The van der Waals surface area contributed by atoms with Crippen molar-refractivity contribution < 1.29 is 19.1 Å². The van der Waals surface area contributed by atoms with Gasteiger partial charge in [-0.2, -0.15) is 0 Å². The summed E-state index contributed by atoms with van der Waals surface area (Å²) in [5.41, 5.74) is 1.65. The highest BCUT2D eigenvalue weighted by atomic mass is 32.1. The molecule has 1 aliphatic rings.